The molecular formula is C32H43N7O3. The Labute approximate surface area is 248 Å². The van der Waals surface area contributed by atoms with Gasteiger partial charge < -0.3 is 25.2 Å². The van der Waals surface area contributed by atoms with E-state index < -0.39 is 0 Å². The Morgan fingerprint density at radius 1 is 1.05 bits per heavy atom. The van der Waals surface area contributed by atoms with Gasteiger partial charge in [0.05, 0.1) is 17.3 Å². The van der Waals surface area contributed by atoms with Crippen molar-refractivity contribution in [2.75, 3.05) is 61.9 Å². The van der Waals surface area contributed by atoms with E-state index in [9.17, 15) is 9.59 Å². The number of hydrogen-bond donors (Lipinski definition) is 2. The van der Waals surface area contributed by atoms with E-state index in [1.165, 1.54) is 45.7 Å². The molecule has 4 heterocycles. The molecule has 1 aliphatic carbocycles. The largest absolute Gasteiger partial charge is 0.489 e. The van der Waals surface area contributed by atoms with Crippen molar-refractivity contribution in [3.8, 4) is 5.75 Å². The van der Waals surface area contributed by atoms with Crippen molar-refractivity contribution in [2.24, 2.45) is 0 Å². The summed E-state index contributed by atoms with van der Waals surface area (Å²) in [6.45, 7) is 9.38. The number of likely N-dealkylation sites (tertiary alicyclic amines) is 1. The number of carbonyl (C=O) groups is 2. The molecule has 2 aromatic rings. The van der Waals surface area contributed by atoms with Crippen molar-refractivity contribution in [1.82, 2.24) is 19.8 Å². The molecule has 10 heteroatoms. The number of anilines is 4. The molecule has 2 N–H and O–H groups in total. The van der Waals surface area contributed by atoms with Crippen LogP contribution in [0.25, 0.3) is 5.57 Å². The number of aromatic nitrogens is 2. The van der Waals surface area contributed by atoms with Crippen LogP contribution in [0.5, 0.6) is 5.75 Å². The molecule has 1 saturated carbocycles. The summed E-state index contributed by atoms with van der Waals surface area (Å²) in [6, 6.07) is 7.58. The number of ketones is 1. The van der Waals surface area contributed by atoms with Gasteiger partial charge in [0.25, 0.3) is 0 Å². The number of hydrogen-bond acceptors (Lipinski definition) is 10. The van der Waals surface area contributed by atoms with Crippen LogP contribution in [0.3, 0.4) is 0 Å². The zero-order chi connectivity index (χ0) is 29.2. The molecule has 0 spiro atoms. The Bertz CT molecular complexity index is 1350. The number of allylic oxidation sites excluding steroid dienone is 2. The van der Waals surface area contributed by atoms with E-state index in [1.807, 2.05) is 6.07 Å². The third-order valence-corrected chi connectivity index (χ3v) is 9.47. The average molecular weight is 574 g/mol. The van der Waals surface area contributed by atoms with Gasteiger partial charge in [0.2, 0.25) is 5.95 Å². The molecule has 0 bridgehead atoms. The lowest BCUT2D eigenvalue weighted by atomic mass is 10.00. The van der Waals surface area contributed by atoms with Crippen LogP contribution < -0.4 is 20.3 Å². The highest BCUT2D eigenvalue weighted by Gasteiger charge is 2.36. The summed E-state index contributed by atoms with van der Waals surface area (Å²) in [5.74, 6) is 1.69. The van der Waals surface area contributed by atoms with Gasteiger partial charge in [-0.25, -0.2) is 4.98 Å². The molecule has 1 aromatic carbocycles. The summed E-state index contributed by atoms with van der Waals surface area (Å²) >= 11 is 0. The van der Waals surface area contributed by atoms with Crippen LogP contribution in [0.4, 0.5) is 23.1 Å². The summed E-state index contributed by atoms with van der Waals surface area (Å²) in [5, 5.41) is 6.91. The summed E-state index contributed by atoms with van der Waals surface area (Å²) in [4.78, 5) is 40.7. The molecule has 2 saturated heterocycles. The first-order valence-corrected chi connectivity index (χ1v) is 15.4. The lowest BCUT2D eigenvalue weighted by Crippen LogP contribution is -2.60. The average Bonchev–Trinajstić information content (AvgIpc) is 3.50. The number of rotatable bonds is 8. The van der Waals surface area contributed by atoms with Crippen molar-refractivity contribution in [3.63, 3.8) is 0 Å². The SMILES string of the molecule is CC(=O)/C(C=O)=C(\C)c1cnc(Nc2ccc3c(c2)OC[C@H]2CN(C4CCN(C)CC4)CCN32)nc1NC1CCCC1. The number of fused-ring (bicyclic) bond motifs is 3. The first-order valence-electron chi connectivity index (χ1n) is 15.4. The zero-order valence-electron chi connectivity index (χ0n) is 25.1. The van der Waals surface area contributed by atoms with E-state index in [2.05, 4.69) is 49.5 Å². The van der Waals surface area contributed by atoms with E-state index in [1.54, 1.807) is 13.1 Å². The van der Waals surface area contributed by atoms with Gasteiger partial charge in [-0.15, -0.1) is 0 Å². The second kappa shape index (κ2) is 12.4. The van der Waals surface area contributed by atoms with Crippen molar-refractivity contribution < 1.29 is 14.3 Å². The van der Waals surface area contributed by atoms with E-state index in [4.69, 9.17) is 9.72 Å². The molecule has 4 aliphatic rings. The maximum absolute atomic E-state index is 12.1. The Hall–Kier alpha value is -3.50. The summed E-state index contributed by atoms with van der Waals surface area (Å²) < 4.78 is 6.31. The van der Waals surface area contributed by atoms with E-state index in [-0.39, 0.29) is 11.4 Å². The van der Waals surface area contributed by atoms with Gasteiger partial charge in [-0.1, -0.05) is 12.8 Å². The van der Waals surface area contributed by atoms with Crippen molar-refractivity contribution >= 4 is 40.8 Å². The summed E-state index contributed by atoms with van der Waals surface area (Å²) in [5.41, 5.74) is 3.39. The Balaban J connectivity index is 1.18. The molecule has 1 aromatic heterocycles. The first-order chi connectivity index (χ1) is 20.4. The van der Waals surface area contributed by atoms with Crippen LogP contribution in [0.1, 0.15) is 57.9 Å². The number of ether oxygens (including phenoxy) is 1. The maximum Gasteiger partial charge on any atom is 0.229 e. The molecule has 3 fully saturated rings. The normalized spacial score (nSPS) is 22.5. The Kier molecular flexibility index (Phi) is 8.44. The maximum atomic E-state index is 12.1. The Morgan fingerprint density at radius 3 is 2.57 bits per heavy atom. The first kappa shape index (κ1) is 28.6. The number of piperazine rings is 1. The fraction of sp³-hybridized carbons (Fsp3) is 0.562. The minimum absolute atomic E-state index is 0.145. The van der Waals surface area contributed by atoms with Gasteiger partial charge in [0.1, 0.15) is 18.2 Å². The number of Topliss-reactive ketones (excluding diaryl/α,β-unsaturated/α-hetero) is 1. The lowest BCUT2D eigenvalue weighted by molar-refractivity contribution is -0.115. The van der Waals surface area contributed by atoms with Crippen LogP contribution in [-0.2, 0) is 9.59 Å². The van der Waals surface area contributed by atoms with Crippen LogP contribution in [-0.4, -0.2) is 96.3 Å². The molecule has 3 aliphatic heterocycles. The Morgan fingerprint density at radius 2 is 1.83 bits per heavy atom. The molecule has 0 amide bonds. The quantitative estimate of drug-likeness (QED) is 0.208. The molecule has 0 unspecified atom stereocenters. The summed E-state index contributed by atoms with van der Waals surface area (Å²) in [6.07, 6.45) is 9.30. The molecular weight excluding hydrogens is 530 g/mol. The molecule has 42 heavy (non-hydrogen) atoms. The number of piperidine rings is 1. The third-order valence-electron chi connectivity index (χ3n) is 9.47. The molecule has 0 radical (unpaired) electrons. The number of carbonyl (C=O) groups excluding carboxylic acids is 2. The minimum atomic E-state index is -0.268. The molecule has 6 rings (SSSR count). The standard InChI is InChI=1S/C32H43N7O3/c1-21(28(19-40)22(2)41)27-17-33-32(36-31(27)34-23-6-4-5-7-23)35-24-8-9-29-30(16-24)42-20-26-18-38(14-15-39(26)29)25-10-12-37(3)13-11-25/h8-9,16-17,19,23,25-26H,4-7,10-15,18,20H2,1-3H3,(H2,33,34,35,36)/b28-21+/t26-/m1/s1. The fourth-order valence-corrected chi connectivity index (χ4v) is 6.96. The van der Waals surface area contributed by atoms with E-state index in [0.717, 1.165) is 49.6 Å². The second-order valence-corrected chi connectivity index (χ2v) is 12.3. The number of nitrogens with one attached hydrogen (secondary N) is 2. The number of nitrogens with zero attached hydrogens (tertiary/aromatic N) is 5. The highest BCUT2D eigenvalue weighted by atomic mass is 16.5. The monoisotopic (exact) mass is 573 g/mol. The molecule has 1 atom stereocenters. The predicted molar refractivity (Wildman–Crippen MR) is 166 cm³/mol. The van der Waals surface area contributed by atoms with Crippen molar-refractivity contribution in [3.05, 3.63) is 35.5 Å². The lowest BCUT2D eigenvalue weighted by Gasteiger charge is -2.48. The second-order valence-electron chi connectivity index (χ2n) is 12.3. The minimum Gasteiger partial charge on any atom is -0.489 e. The fourth-order valence-electron chi connectivity index (χ4n) is 6.96. The van der Waals surface area contributed by atoms with Crippen LogP contribution >= 0.6 is 0 Å². The third kappa shape index (κ3) is 6.01. The molecule has 224 valence electrons. The van der Waals surface area contributed by atoms with Crippen LogP contribution in [0, 0.1) is 0 Å². The summed E-state index contributed by atoms with van der Waals surface area (Å²) in [7, 11) is 2.22. The van der Waals surface area contributed by atoms with Crippen molar-refractivity contribution in [2.45, 2.75) is 70.5 Å². The highest BCUT2D eigenvalue weighted by molar-refractivity contribution is 6.17. The predicted octanol–water partition coefficient (Wildman–Crippen LogP) is 4.11. The van der Waals surface area contributed by atoms with Gasteiger partial charge in [-0.05, 0) is 77.4 Å². The number of benzene rings is 1. The number of aldehydes is 1. The van der Waals surface area contributed by atoms with Gasteiger partial charge >= 0.3 is 0 Å². The van der Waals surface area contributed by atoms with Gasteiger partial charge in [0, 0.05) is 55.2 Å². The van der Waals surface area contributed by atoms with Crippen LogP contribution in [0.15, 0.2) is 30.0 Å². The van der Waals surface area contributed by atoms with Crippen molar-refractivity contribution in [1.29, 1.82) is 0 Å². The zero-order valence-corrected chi connectivity index (χ0v) is 25.1. The highest BCUT2D eigenvalue weighted by Crippen LogP contribution is 2.38. The van der Waals surface area contributed by atoms with Crippen LogP contribution in [0.2, 0.25) is 0 Å². The topological polar surface area (TPSA) is 103 Å². The van der Waals surface area contributed by atoms with Gasteiger partial charge in [0.15, 0.2) is 12.1 Å². The smallest absolute Gasteiger partial charge is 0.229 e. The molecule has 10 nitrogen and oxygen atoms in total. The van der Waals surface area contributed by atoms with Gasteiger partial charge in [-0.3, -0.25) is 14.5 Å². The van der Waals surface area contributed by atoms with E-state index in [0.29, 0.717) is 53.9 Å². The van der Waals surface area contributed by atoms with Gasteiger partial charge in [-0.2, -0.15) is 4.98 Å². The van der Waals surface area contributed by atoms with E-state index >= 15 is 0 Å².